The van der Waals surface area contributed by atoms with Crippen molar-refractivity contribution in [3.63, 3.8) is 0 Å². The molecule has 160 valence electrons. The van der Waals surface area contributed by atoms with E-state index < -0.39 is 47.3 Å². The average Bonchev–Trinajstić information content (AvgIpc) is 2.93. The van der Waals surface area contributed by atoms with Crippen LogP contribution in [0.2, 0.25) is 0 Å². The van der Waals surface area contributed by atoms with Gasteiger partial charge in [-0.05, 0) is 25.7 Å². The predicted octanol–water partition coefficient (Wildman–Crippen LogP) is 2.13. The molecule has 1 saturated heterocycles. The Kier molecular flexibility index (Phi) is 5.86. The number of aryl methyl sites for hydroxylation is 1. The number of carbonyl (C=O) groups excluding carboxylic acids is 4. The number of imide groups is 1. The number of hydrogen-bond acceptors (Lipinski definition) is 7. The summed E-state index contributed by atoms with van der Waals surface area (Å²) in [5.41, 5.74) is -0.756. The Labute approximate surface area is 172 Å². The summed E-state index contributed by atoms with van der Waals surface area (Å²) >= 11 is 0. The number of nitro groups is 1. The Bertz CT molecular complexity index is 929. The fourth-order valence-corrected chi connectivity index (χ4v) is 4.02. The normalized spacial score (nSPS) is 23.4. The number of hydrogen-bond donors (Lipinski definition) is 1. The van der Waals surface area contributed by atoms with E-state index in [0.717, 1.165) is 30.2 Å². The number of urea groups is 1. The molecule has 3 rings (SSSR count). The average molecular weight is 417 g/mol. The molecule has 1 aliphatic carbocycles. The van der Waals surface area contributed by atoms with Crippen LogP contribution in [-0.2, 0) is 14.3 Å². The van der Waals surface area contributed by atoms with Gasteiger partial charge in [-0.2, -0.15) is 0 Å². The summed E-state index contributed by atoms with van der Waals surface area (Å²) in [6, 6.07) is 3.32. The molecule has 0 unspecified atom stereocenters. The van der Waals surface area contributed by atoms with E-state index in [1.54, 1.807) is 6.92 Å². The minimum atomic E-state index is -0.980. The minimum absolute atomic E-state index is 0.0325. The Morgan fingerprint density at radius 3 is 2.73 bits per heavy atom. The molecule has 0 bridgehead atoms. The van der Waals surface area contributed by atoms with Gasteiger partial charge in [-0.3, -0.25) is 29.4 Å². The lowest BCUT2D eigenvalue weighted by atomic mass is 9.73. The lowest BCUT2D eigenvalue weighted by Crippen LogP contribution is -2.54. The maximum atomic E-state index is 12.8. The fourth-order valence-electron chi connectivity index (χ4n) is 4.02. The van der Waals surface area contributed by atoms with Crippen LogP contribution in [0.25, 0.3) is 0 Å². The van der Waals surface area contributed by atoms with E-state index >= 15 is 0 Å². The fraction of sp³-hybridized carbons (Fsp3) is 0.500. The van der Waals surface area contributed by atoms with Crippen molar-refractivity contribution in [3.05, 3.63) is 39.4 Å². The van der Waals surface area contributed by atoms with Crippen LogP contribution in [0.5, 0.6) is 0 Å². The number of amides is 3. The van der Waals surface area contributed by atoms with E-state index in [1.807, 2.05) is 6.92 Å². The van der Waals surface area contributed by atoms with Gasteiger partial charge in [0.1, 0.15) is 12.1 Å². The molecule has 1 spiro atoms. The van der Waals surface area contributed by atoms with Gasteiger partial charge in [0.05, 0.1) is 4.92 Å². The molecule has 1 aromatic carbocycles. The van der Waals surface area contributed by atoms with Crippen LogP contribution in [-0.4, -0.2) is 52.2 Å². The molecule has 2 fully saturated rings. The standard InChI is InChI=1S/C20H23N3O7/c1-12-6-7-14(9-15(12)23(28)29)16(24)11-30-17(25)10-22-18(26)20(21-19(22)27)8-4-3-5-13(20)2/h6-7,9,13H,3-5,8,10-11H2,1-2H3,(H,21,27)/t13-,20-/m0/s1. The molecule has 1 N–H and O–H groups in total. The number of esters is 1. The number of ketones is 1. The van der Waals surface area contributed by atoms with Crippen LogP contribution in [0, 0.1) is 23.0 Å². The Morgan fingerprint density at radius 1 is 1.33 bits per heavy atom. The molecule has 1 aromatic rings. The van der Waals surface area contributed by atoms with Crippen molar-refractivity contribution < 1.29 is 28.8 Å². The zero-order valence-corrected chi connectivity index (χ0v) is 16.8. The van der Waals surface area contributed by atoms with Gasteiger partial charge in [-0.25, -0.2) is 4.79 Å². The third-order valence-electron chi connectivity index (χ3n) is 5.88. The van der Waals surface area contributed by atoms with Gasteiger partial charge in [-0.15, -0.1) is 0 Å². The highest BCUT2D eigenvalue weighted by Gasteiger charge is 2.55. The molecule has 10 nitrogen and oxygen atoms in total. The summed E-state index contributed by atoms with van der Waals surface area (Å²) in [5, 5.41) is 13.7. The Morgan fingerprint density at radius 2 is 2.07 bits per heavy atom. The van der Waals surface area contributed by atoms with Crippen LogP contribution in [0.1, 0.15) is 48.5 Å². The highest BCUT2D eigenvalue weighted by atomic mass is 16.6. The molecule has 1 heterocycles. The number of carbonyl (C=O) groups is 4. The summed E-state index contributed by atoms with van der Waals surface area (Å²) < 4.78 is 4.92. The molecule has 0 radical (unpaired) electrons. The molecule has 1 aliphatic heterocycles. The molecule has 2 atom stereocenters. The van der Waals surface area contributed by atoms with E-state index in [0.29, 0.717) is 12.0 Å². The largest absolute Gasteiger partial charge is 0.456 e. The Balaban J connectivity index is 1.60. The molecule has 2 aliphatic rings. The molecule has 3 amide bonds. The van der Waals surface area contributed by atoms with E-state index in [-0.39, 0.29) is 17.2 Å². The second kappa shape index (κ2) is 8.21. The van der Waals surface area contributed by atoms with Gasteiger partial charge in [0.2, 0.25) is 5.78 Å². The molecule has 1 saturated carbocycles. The van der Waals surface area contributed by atoms with Gasteiger partial charge in [0.15, 0.2) is 6.61 Å². The SMILES string of the molecule is Cc1ccc(C(=O)COC(=O)CN2C(=O)N[C@]3(CCCC[C@@H]3C)C2=O)cc1[N+](=O)[O-]. The van der Waals surface area contributed by atoms with Crippen molar-refractivity contribution in [1.82, 2.24) is 10.2 Å². The monoisotopic (exact) mass is 417 g/mol. The quantitative estimate of drug-likeness (QED) is 0.246. The number of nitrogens with zero attached hydrogens (tertiary/aromatic N) is 2. The van der Waals surface area contributed by atoms with Crippen LogP contribution in [0.3, 0.4) is 0 Å². The molecule has 10 heteroatoms. The van der Waals surface area contributed by atoms with Crippen molar-refractivity contribution in [2.45, 2.75) is 45.1 Å². The van der Waals surface area contributed by atoms with Crippen molar-refractivity contribution in [2.24, 2.45) is 5.92 Å². The third-order valence-corrected chi connectivity index (χ3v) is 5.88. The zero-order chi connectivity index (χ0) is 22.1. The number of benzene rings is 1. The third kappa shape index (κ3) is 3.89. The molecule has 0 aromatic heterocycles. The van der Waals surface area contributed by atoms with Crippen molar-refractivity contribution in [3.8, 4) is 0 Å². The first kappa shape index (κ1) is 21.4. The molecule has 30 heavy (non-hydrogen) atoms. The zero-order valence-electron chi connectivity index (χ0n) is 16.8. The number of nitro benzene ring substituents is 1. The molecular weight excluding hydrogens is 394 g/mol. The first-order valence-electron chi connectivity index (χ1n) is 9.73. The van der Waals surface area contributed by atoms with E-state index in [9.17, 15) is 29.3 Å². The maximum Gasteiger partial charge on any atom is 0.326 e. The number of rotatable bonds is 6. The van der Waals surface area contributed by atoms with E-state index in [1.165, 1.54) is 12.1 Å². The van der Waals surface area contributed by atoms with Gasteiger partial charge in [0, 0.05) is 17.2 Å². The topological polar surface area (TPSA) is 136 Å². The lowest BCUT2D eigenvalue weighted by molar-refractivity contribution is -0.385. The summed E-state index contributed by atoms with van der Waals surface area (Å²) in [6.45, 7) is 2.20. The van der Waals surface area contributed by atoms with Gasteiger partial charge in [0.25, 0.3) is 11.6 Å². The molecular formula is C20H23N3O7. The second-order valence-corrected chi connectivity index (χ2v) is 7.78. The highest BCUT2D eigenvalue weighted by Crippen LogP contribution is 2.38. The number of Topliss-reactive ketones (excluding diaryl/α,β-unsaturated/α-hetero) is 1. The van der Waals surface area contributed by atoms with Gasteiger partial charge in [-0.1, -0.05) is 31.9 Å². The Hall–Kier alpha value is -3.30. The van der Waals surface area contributed by atoms with Gasteiger partial charge < -0.3 is 10.1 Å². The van der Waals surface area contributed by atoms with Crippen molar-refractivity contribution in [2.75, 3.05) is 13.2 Å². The summed E-state index contributed by atoms with van der Waals surface area (Å²) in [5.74, 6) is -2.02. The number of nitrogens with one attached hydrogen (secondary N) is 1. The van der Waals surface area contributed by atoms with E-state index in [2.05, 4.69) is 5.32 Å². The van der Waals surface area contributed by atoms with Gasteiger partial charge >= 0.3 is 12.0 Å². The minimum Gasteiger partial charge on any atom is -0.456 e. The first-order valence-corrected chi connectivity index (χ1v) is 9.73. The first-order chi connectivity index (χ1) is 14.2. The van der Waals surface area contributed by atoms with Crippen molar-refractivity contribution >= 4 is 29.4 Å². The van der Waals surface area contributed by atoms with Crippen LogP contribution in [0.15, 0.2) is 18.2 Å². The second-order valence-electron chi connectivity index (χ2n) is 7.78. The highest BCUT2D eigenvalue weighted by molar-refractivity contribution is 6.09. The smallest absolute Gasteiger partial charge is 0.326 e. The predicted molar refractivity (Wildman–Crippen MR) is 104 cm³/mol. The van der Waals surface area contributed by atoms with Crippen LogP contribution < -0.4 is 5.32 Å². The van der Waals surface area contributed by atoms with Crippen LogP contribution >= 0.6 is 0 Å². The lowest BCUT2D eigenvalue weighted by Gasteiger charge is -2.36. The summed E-state index contributed by atoms with van der Waals surface area (Å²) in [4.78, 5) is 60.7. The van der Waals surface area contributed by atoms with E-state index in [4.69, 9.17) is 4.74 Å². The van der Waals surface area contributed by atoms with Crippen molar-refractivity contribution in [1.29, 1.82) is 0 Å². The van der Waals surface area contributed by atoms with Crippen LogP contribution in [0.4, 0.5) is 10.5 Å². The number of ether oxygens (including phenoxy) is 1. The summed E-state index contributed by atoms with van der Waals surface area (Å²) in [7, 11) is 0. The summed E-state index contributed by atoms with van der Waals surface area (Å²) in [6.07, 6.45) is 3.12. The maximum absolute atomic E-state index is 12.8.